The van der Waals surface area contributed by atoms with Gasteiger partial charge in [0, 0.05) is 18.4 Å². The van der Waals surface area contributed by atoms with Gasteiger partial charge in [-0.3, -0.25) is 9.59 Å². The lowest BCUT2D eigenvalue weighted by Crippen LogP contribution is -2.32. The lowest BCUT2D eigenvalue weighted by molar-refractivity contribution is -0.237. The van der Waals surface area contributed by atoms with Gasteiger partial charge in [-0.15, -0.1) is 17.6 Å². The number of nitrogens with one attached hydrogen (secondary N) is 1. The van der Waals surface area contributed by atoms with Crippen LogP contribution in [0, 0.1) is 11.8 Å². The lowest BCUT2D eigenvalue weighted by Gasteiger charge is -2.16. The molecular weight excluding hydrogens is 429 g/mol. The molecule has 2 unspecified atom stereocenters. The number of alkyl halides is 5. The molecule has 0 heterocycles. The van der Waals surface area contributed by atoms with Gasteiger partial charge in [0.25, 0.3) is 0 Å². The van der Waals surface area contributed by atoms with Crippen LogP contribution in [-0.4, -0.2) is 31.3 Å². The maximum absolute atomic E-state index is 11.8. The number of ketones is 1. The van der Waals surface area contributed by atoms with E-state index in [1.165, 1.54) is 0 Å². The highest BCUT2D eigenvalue weighted by Crippen LogP contribution is 2.16. The number of carbonyl (C=O) groups is 2. The van der Waals surface area contributed by atoms with Crippen LogP contribution >= 0.6 is 0 Å². The summed E-state index contributed by atoms with van der Waals surface area (Å²) in [6, 6.07) is 0. The van der Waals surface area contributed by atoms with E-state index in [4.69, 9.17) is 0 Å². The summed E-state index contributed by atoms with van der Waals surface area (Å²) in [6.07, 6.45) is -4.21. The predicted octanol–water partition coefficient (Wildman–Crippen LogP) is 10.8. The van der Waals surface area contributed by atoms with Crippen molar-refractivity contribution in [3.63, 3.8) is 0 Å². The van der Waals surface area contributed by atoms with Crippen LogP contribution in [0.4, 0.5) is 22.0 Å². The Morgan fingerprint density at radius 1 is 0.781 bits per heavy atom. The molecule has 2 atom stereocenters. The molecular formula is C24H68F5NO2. The average molecular weight is 498 g/mol. The van der Waals surface area contributed by atoms with Crippen LogP contribution in [0.2, 0.25) is 0 Å². The van der Waals surface area contributed by atoms with E-state index in [0.29, 0.717) is 6.42 Å². The monoisotopic (exact) mass is 498 g/mol. The lowest BCUT2D eigenvalue weighted by atomic mass is 9.90. The first-order valence-corrected chi connectivity index (χ1v) is 6.12. The Kier molecular flexibility index (Phi) is 158. The molecule has 0 fully saturated rings. The van der Waals surface area contributed by atoms with Crippen molar-refractivity contribution in [2.75, 3.05) is 13.2 Å². The van der Waals surface area contributed by atoms with Crippen molar-refractivity contribution in [1.29, 1.82) is 0 Å². The van der Waals surface area contributed by atoms with Crippen LogP contribution in [0.3, 0.4) is 0 Å². The van der Waals surface area contributed by atoms with Gasteiger partial charge in [-0.1, -0.05) is 103 Å². The number of carbonyl (C=O) groups excluding carboxylic acids is 2. The van der Waals surface area contributed by atoms with Gasteiger partial charge < -0.3 is 5.32 Å². The predicted molar refractivity (Wildman–Crippen MR) is 145 cm³/mol. The first-order valence-electron chi connectivity index (χ1n) is 6.12. The molecule has 8 heteroatoms. The van der Waals surface area contributed by atoms with Crippen LogP contribution in [0.25, 0.3) is 0 Å². The average Bonchev–Trinajstić information content (AvgIpc) is 2.29. The third-order valence-corrected chi connectivity index (χ3v) is 2.55. The summed E-state index contributed by atoms with van der Waals surface area (Å²) >= 11 is 0. The highest BCUT2D eigenvalue weighted by Gasteiger charge is 2.24. The fraction of sp³-hybridized carbons (Fsp3) is 0.917. The molecule has 32 heavy (non-hydrogen) atoms. The van der Waals surface area contributed by atoms with Gasteiger partial charge in [0.1, 0.15) is 12.5 Å². The minimum atomic E-state index is -5.50. The molecule has 0 aromatic carbocycles. The normalized spacial score (nSPS) is 8.62. The number of amides is 1. The molecule has 0 aliphatic rings. The van der Waals surface area contributed by atoms with E-state index >= 15 is 0 Å². The van der Waals surface area contributed by atoms with Crippen molar-refractivity contribution in [2.45, 2.75) is 129 Å². The van der Waals surface area contributed by atoms with Crippen LogP contribution < -0.4 is 5.32 Å². The molecule has 3 nitrogen and oxygen atoms in total. The standard InChI is InChI=1S/C11H20FNO2.CF4.12CH4/c1-4-10(9(3)14)7-8(2)11(15)13-6-5-12;2-1(3,4)5;;;;;;;;;;;;/h8,10H,4-7H2,1-3H3,(H,13,15);;12*1H4. The molecule has 0 saturated carbocycles. The number of hydrogen-bond acceptors (Lipinski definition) is 2. The smallest absolute Gasteiger partial charge is 0.353 e. The van der Waals surface area contributed by atoms with Gasteiger partial charge >= 0.3 is 6.43 Å². The van der Waals surface area contributed by atoms with Gasteiger partial charge in [-0.05, 0) is 19.8 Å². The molecule has 216 valence electrons. The third-order valence-electron chi connectivity index (χ3n) is 2.55. The van der Waals surface area contributed by atoms with E-state index in [1.807, 2.05) is 6.92 Å². The van der Waals surface area contributed by atoms with Gasteiger partial charge in [0.2, 0.25) is 5.91 Å². The van der Waals surface area contributed by atoms with Crippen molar-refractivity contribution >= 4 is 11.7 Å². The summed E-state index contributed by atoms with van der Waals surface area (Å²) in [5, 5.41) is 2.48. The minimum absolute atomic E-state index is 0. The number of Topliss-reactive ketones (excluding diaryl/α,β-unsaturated/α-hetero) is 1. The molecule has 0 radical (unpaired) electrons. The summed E-state index contributed by atoms with van der Waals surface area (Å²) in [5.41, 5.74) is 0. The minimum Gasteiger partial charge on any atom is -0.353 e. The van der Waals surface area contributed by atoms with E-state index < -0.39 is 13.1 Å². The first kappa shape index (κ1) is 96.9. The summed E-state index contributed by atoms with van der Waals surface area (Å²) in [5.74, 6) is -0.350. The molecule has 0 aliphatic carbocycles. The fourth-order valence-electron chi connectivity index (χ4n) is 1.50. The molecule has 0 bridgehead atoms. The van der Waals surface area contributed by atoms with Crippen molar-refractivity contribution in [3.8, 4) is 0 Å². The summed E-state index contributed by atoms with van der Waals surface area (Å²) in [4.78, 5) is 22.5. The van der Waals surface area contributed by atoms with Crippen molar-refractivity contribution in [3.05, 3.63) is 0 Å². The Morgan fingerprint density at radius 3 is 1.25 bits per heavy atom. The van der Waals surface area contributed by atoms with Gasteiger partial charge in [-0.2, -0.15) is 0 Å². The number of halogens is 5. The molecule has 0 aromatic heterocycles. The van der Waals surface area contributed by atoms with E-state index in [9.17, 15) is 31.5 Å². The summed E-state index contributed by atoms with van der Waals surface area (Å²) in [7, 11) is 0. The van der Waals surface area contributed by atoms with Crippen LogP contribution in [0.15, 0.2) is 0 Å². The molecule has 1 N–H and O–H groups in total. The highest BCUT2D eigenvalue weighted by atomic mass is 19.5. The number of rotatable bonds is 7. The number of hydrogen-bond donors (Lipinski definition) is 1. The van der Waals surface area contributed by atoms with E-state index in [0.717, 1.165) is 6.42 Å². The Hall–Kier alpha value is -1.21. The SMILES string of the molecule is C.C.C.C.C.C.C.C.C.C.C.C.CCC(CC(C)C(=O)NCCF)C(C)=O.FC(F)(F)F. The molecule has 1 amide bonds. The topological polar surface area (TPSA) is 46.2 Å². The Labute approximate surface area is 203 Å². The maximum atomic E-state index is 11.8. The first-order chi connectivity index (χ1) is 9.02. The van der Waals surface area contributed by atoms with E-state index in [-0.39, 0.29) is 119 Å². The van der Waals surface area contributed by atoms with Crippen LogP contribution in [-0.2, 0) is 9.59 Å². The molecule has 0 spiro atoms. The molecule has 0 rings (SSSR count). The molecule has 0 aromatic rings. The fourth-order valence-corrected chi connectivity index (χ4v) is 1.50. The van der Waals surface area contributed by atoms with Gasteiger partial charge in [0.15, 0.2) is 0 Å². The van der Waals surface area contributed by atoms with E-state index in [1.54, 1.807) is 13.8 Å². The summed E-state index contributed by atoms with van der Waals surface area (Å²) < 4.78 is 50.6. The highest BCUT2D eigenvalue weighted by molar-refractivity contribution is 5.81. The van der Waals surface area contributed by atoms with Crippen molar-refractivity contribution < 1.29 is 31.5 Å². The second-order valence-electron chi connectivity index (χ2n) is 4.26. The zero-order chi connectivity index (χ0) is 16.3. The Balaban J connectivity index is -0.0000000146. The Morgan fingerprint density at radius 2 is 1.06 bits per heavy atom. The molecule has 0 aliphatic heterocycles. The second kappa shape index (κ2) is 52.0. The maximum Gasteiger partial charge on any atom is 0.559 e. The van der Waals surface area contributed by atoms with Gasteiger partial charge in [-0.25, -0.2) is 4.39 Å². The van der Waals surface area contributed by atoms with Gasteiger partial charge in [0.05, 0.1) is 0 Å². The zero-order valence-electron chi connectivity index (χ0n) is 11.7. The zero-order valence-corrected chi connectivity index (χ0v) is 11.7. The van der Waals surface area contributed by atoms with E-state index in [2.05, 4.69) is 5.32 Å². The van der Waals surface area contributed by atoms with Crippen molar-refractivity contribution in [1.82, 2.24) is 5.32 Å². The third kappa shape index (κ3) is 78.9. The Bertz CT molecular complexity index is 295. The van der Waals surface area contributed by atoms with Crippen LogP contribution in [0.5, 0.6) is 0 Å². The quantitative estimate of drug-likeness (QED) is 0.355. The van der Waals surface area contributed by atoms with Crippen molar-refractivity contribution in [2.24, 2.45) is 11.8 Å². The second-order valence-corrected chi connectivity index (χ2v) is 4.26. The molecule has 0 saturated heterocycles. The summed E-state index contributed by atoms with van der Waals surface area (Å²) in [6.45, 7) is 4.74. The van der Waals surface area contributed by atoms with Crippen LogP contribution in [0.1, 0.15) is 123 Å². The largest absolute Gasteiger partial charge is 0.559 e.